The molecule has 0 spiro atoms. The monoisotopic (exact) mass is 534 g/mol. The van der Waals surface area contributed by atoms with Gasteiger partial charge in [-0.05, 0) is 0 Å². The Labute approximate surface area is 190 Å². The van der Waals surface area contributed by atoms with Gasteiger partial charge in [0.2, 0.25) is 0 Å². The number of rotatable bonds is 12. The van der Waals surface area contributed by atoms with Crippen LogP contribution in [0.25, 0.3) is 0 Å². The number of carbonyl (C=O) groups excluding carboxylic acids is 2. The van der Waals surface area contributed by atoms with E-state index in [1.165, 1.54) is 0 Å². The van der Waals surface area contributed by atoms with Gasteiger partial charge < -0.3 is 0 Å². The van der Waals surface area contributed by atoms with Crippen molar-refractivity contribution < 1.29 is 15.7 Å². The average Bonchev–Trinajstić information content (AvgIpc) is 2.81. The minimum absolute atomic E-state index is 0.414. The maximum atomic E-state index is 13.2. The van der Waals surface area contributed by atoms with Crippen LogP contribution in [0, 0.1) is 0 Å². The Balaban J connectivity index is 2.39. The van der Waals surface area contributed by atoms with E-state index in [9.17, 15) is 9.59 Å². The first kappa shape index (κ1) is 25.0. The normalized spacial score (nSPS) is 11.0. The molecule has 2 aromatic rings. The van der Waals surface area contributed by atoms with Crippen LogP contribution in [0.1, 0.15) is 60.2 Å². The van der Waals surface area contributed by atoms with E-state index < -0.39 is 31.1 Å². The fourth-order valence-corrected chi connectivity index (χ4v) is 13.1. The standard InChI is InChI=1S/2C8H9NO2.2C4H9.Sn/c2*1-9-7-5-3-2-4-6(7)8(10)11;2*1-3-4-2;/h2*2-5,9H,1H3,(H,10,11);2*1,3-4H2,2H3;/q;;;;+2/p-2. The third kappa shape index (κ3) is 6.89. The first-order valence-corrected chi connectivity index (χ1v) is 17.4. The Morgan fingerprint density at radius 3 is 1.48 bits per heavy atom. The third-order valence-corrected chi connectivity index (χ3v) is 14.8. The molecule has 0 fully saturated rings. The summed E-state index contributed by atoms with van der Waals surface area (Å²) in [5.41, 5.74) is 2.33. The molecule has 0 atom stereocenters. The van der Waals surface area contributed by atoms with Crippen LogP contribution in [0.4, 0.5) is 11.4 Å². The quantitative estimate of drug-likeness (QED) is 0.335. The molecule has 0 aliphatic heterocycles. The van der Waals surface area contributed by atoms with Crippen molar-refractivity contribution in [2.75, 3.05) is 24.7 Å². The van der Waals surface area contributed by atoms with E-state index in [2.05, 4.69) is 24.5 Å². The van der Waals surface area contributed by atoms with Gasteiger partial charge in [-0.25, -0.2) is 0 Å². The van der Waals surface area contributed by atoms with Gasteiger partial charge in [0, 0.05) is 0 Å². The summed E-state index contributed by atoms with van der Waals surface area (Å²) in [6.07, 6.45) is 3.61. The Bertz CT molecular complexity index is 801. The number of carbonyl (C=O) groups is 2. The molecule has 7 heteroatoms. The van der Waals surface area contributed by atoms with Gasteiger partial charge in [0.05, 0.1) is 0 Å². The second-order valence-corrected chi connectivity index (χ2v) is 16.7. The molecule has 0 bridgehead atoms. The molecular formula is C24H34N2O4Sn. The molecular weight excluding hydrogens is 499 g/mol. The number of benzene rings is 2. The molecule has 0 radical (unpaired) electrons. The van der Waals surface area contributed by atoms with E-state index in [4.69, 9.17) is 6.15 Å². The zero-order valence-corrected chi connectivity index (χ0v) is 21.8. The predicted octanol–water partition coefficient (Wildman–Crippen LogP) is 5.83. The molecule has 0 saturated heterocycles. The molecule has 2 aromatic carbocycles. The van der Waals surface area contributed by atoms with Crippen molar-refractivity contribution in [2.24, 2.45) is 0 Å². The summed E-state index contributed by atoms with van der Waals surface area (Å²) in [5.74, 6) is -0.828. The summed E-state index contributed by atoms with van der Waals surface area (Å²) < 4.78 is 13.7. The summed E-state index contributed by atoms with van der Waals surface area (Å²) in [6, 6.07) is 14.5. The van der Waals surface area contributed by atoms with Gasteiger partial charge in [0.15, 0.2) is 0 Å². The molecule has 168 valence electrons. The van der Waals surface area contributed by atoms with Gasteiger partial charge in [-0.1, -0.05) is 0 Å². The van der Waals surface area contributed by atoms with E-state index in [0.717, 1.165) is 25.7 Å². The van der Waals surface area contributed by atoms with E-state index >= 15 is 0 Å². The molecule has 0 unspecified atom stereocenters. The van der Waals surface area contributed by atoms with Crippen molar-refractivity contribution in [1.82, 2.24) is 0 Å². The van der Waals surface area contributed by atoms with Crippen LogP contribution >= 0.6 is 0 Å². The number of para-hydroxylation sites is 2. The second-order valence-electron chi connectivity index (χ2n) is 7.49. The fourth-order valence-electron chi connectivity index (χ4n) is 3.45. The van der Waals surface area contributed by atoms with Gasteiger partial charge in [-0.2, -0.15) is 0 Å². The van der Waals surface area contributed by atoms with Crippen molar-refractivity contribution in [3.05, 3.63) is 59.7 Å². The van der Waals surface area contributed by atoms with Gasteiger partial charge >= 0.3 is 191 Å². The fraction of sp³-hybridized carbons (Fsp3) is 0.417. The third-order valence-electron chi connectivity index (χ3n) is 5.21. The number of hydrogen-bond donors (Lipinski definition) is 2. The van der Waals surface area contributed by atoms with Crippen molar-refractivity contribution >= 4 is 42.5 Å². The average molecular weight is 533 g/mol. The van der Waals surface area contributed by atoms with Gasteiger partial charge in [-0.15, -0.1) is 0 Å². The topological polar surface area (TPSA) is 76.7 Å². The zero-order chi connectivity index (χ0) is 22.7. The van der Waals surface area contributed by atoms with Gasteiger partial charge in [0.25, 0.3) is 0 Å². The Kier molecular flexibility index (Phi) is 10.2. The number of nitrogens with one attached hydrogen (secondary N) is 2. The maximum absolute atomic E-state index is 13.2. The van der Waals surface area contributed by atoms with E-state index in [1.54, 1.807) is 26.2 Å². The van der Waals surface area contributed by atoms with Crippen molar-refractivity contribution in [1.29, 1.82) is 0 Å². The molecule has 0 amide bonds. The van der Waals surface area contributed by atoms with Gasteiger partial charge in [-0.3, -0.25) is 0 Å². The van der Waals surface area contributed by atoms with Crippen LogP contribution < -0.4 is 10.6 Å². The molecule has 2 rings (SSSR count). The second kappa shape index (κ2) is 12.6. The molecule has 0 aliphatic carbocycles. The molecule has 0 aromatic heterocycles. The number of anilines is 2. The van der Waals surface area contributed by atoms with Crippen molar-refractivity contribution in [3.8, 4) is 0 Å². The Morgan fingerprint density at radius 1 is 0.742 bits per heavy atom. The summed E-state index contributed by atoms with van der Waals surface area (Å²) in [4.78, 5) is 26.4. The summed E-state index contributed by atoms with van der Waals surface area (Å²) in [5, 5.41) is 6.07. The van der Waals surface area contributed by atoms with E-state index in [1.807, 2.05) is 36.4 Å². The molecule has 0 heterocycles. The van der Waals surface area contributed by atoms with Crippen molar-refractivity contribution in [2.45, 2.75) is 48.4 Å². The van der Waals surface area contributed by atoms with Crippen LogP contribution in [0.5, 0.6) is 0 Å². The summed E-state index contributed by atoms with van der Waals surface area (Å²) in [7, 11) is 3.54. The number of unbranched alkanes of at least 4 members (excludes halogenated alkanes) is 2. The van der Waals surface area contributed by atoms with Crippen molar-refractivity contribution in [3.63, 3.8) is 0 Å². The van der Waals surface area contributed by atoms with Crippen LogP contribution in [0.15, 0.2) is 48.5 Å². The van der Waals surface area contributed by atoms with E-state index in [-0.39, 0.29) is 0 Å². The first-order chi connectivity index (χ1) is 15.0. The zero-order valence-electron chi connectivity index (χ0n) is 19.0. The first-order valence-electron chi connectivity index (χ1n) is 11.0. The van der Waals surface area contributed by atoms with Crippen LogP contribution in [0.3, 0.4) is 0 Å². The summed E-state index contributed by atoms with van der Waals surface area (Å²) in [6.45, 7) is 4.18. The van der Waals surface area contributed by atoms with Gasteiger partial charge in [0.1, 0.15) is 0 Å². The minimum atomic E-state index is -4.10. The molecule has 0 saturated carbocycles. The Hall–Kier alpha value is -2.22. The van der Waals surface area contributed by atoms with Crippen LogP contribution in [0.2, 0.25) is 8.87 Å². The predicted molar refractivity (Wildman–Crippen MR) is 128 cm³/mol. The molecule has 6 nitrogen and oxygen atoms in total. The molecule has 2 N–H and O–H groups in total. The number of hydrogen-bond acceptors (Lipinski definition) is 6. The summed E-state index contributed by atoms with van der Waals surface area (Å²) >= 11 is -4.10. The Morgan fingerprint density at radius 2 is 1.13 bits per heavy atom. The molecule has 0 aliphatic rings. The SMILES string of the molecule is CCC[CH2][Sn]([CH2]CCC)([O]C(=O)c1ccccc1NC)[O]C(=O)c1ccccc1NC. The van der Waals surface area contributed by atoms with Crippen LogP contribution in [-0.4, -0.2) is 45.2 Å². The van der Waals surface area contributed by atoms with E-state index in [0.29, 0.717) is 31.4 Å². The van der Waals surface area contributed by atoms with Crippen LogP contribution in [-0.2, 0) is 6.15 Å². The molecule has 31 heavy (non-hydrogen) atoms.